The average Bonchev–Trinajstić information content (AvgIpc) is 1.66. The molecule has 0 aromatic rings. The van der Waals surface area contributed by atoms with Crippen molar-refractivity contribution in [2.45, 2.75) is 13.1 Å². The molecule has 1 nitrogen and oxygen atoms in total. The van der Waals surface area contributed by atoms with Crippen molar-refractivity contribution in [3.8, 4) is 0 Å². The lowest BCUT2D eigenvalue weighted by Gasteiger charge is -1.99. The number of ether oxygens (including phenoxy) is 1. The highest BCUT2D eigenvalue weighted by atomic mass is 19.1. The first-order valence-corrected chi connectivity index (χ1v) is 2.55. The molecule has 0 spiro atoms. The van der Waals surface area contributed by atoms with Crippen molar-refractivity contribution in [3.63, 3.8) is 0 Å². The van der Waals surface area contributed by atoms with Gasteiger partial charge in [-0.15, -0.1) is 0 Å². The molecule has 0 radical (unpaired) electrons. The van der Waals surface area contributed by atoms with E-state index in [1.165, 1.54) is 6.92 Å². The Labute approximate surface area is 47.6 Å². The van der Waals surface area contributed by atoms with Gasteiger partial charge in [0.15, 0.2) is 0 Å². The highest BCUT2D eigenvalue weighted by molar-refractivity contribution is 4.40. The zero-order valence-corrected chi connectivity index (χ0v) is 4.86. The third-order valence-electron chi connectivity index (χ3n) is 0.569. The van der Waals surface area contributed by atoms with Crippen molar-refractivity contribution >= 4 is 0 Å². The van der Waals surface area contributed by atoms with E-state index in [2.05, 4.69) is 4.74 Å². The van der Waals surface area contributed by atoms with Crippen LogP contribution in [0.5, 0.6) is 0 Å². The van der Waals surface area contributed by atoms with Gasteiger partial charge in [-0.05, 0) is 6.92 Å². The lowest BCUT2D eigenvalue weighted by atomic mass is 10.5. The van der Waals surface area contributed by atoms with Crippen LogP contribution in [0.2, 0.25) is 0 Å². The number of hydrogen-bond donors (Lipinski definition) is 0. The van der Waals surface area contributed by atoms with E-state index in [1.807, 2.05) is 0 Å². The summed E-state index contributed by atoms with van der Waals surface area (Å²) in [6, 6.07) is 0. The van der Waals surface area contributed by atoms with Gasteiger partial charge >= 0.3 is 0 Å². The number of alkyl halides is 2. The topological polar surface area (TPSA) is 9.23 Å². The maximum Gasteiger partial charge on any atom is 0.121 e. The van der Waals surface area contributed by atoms with Gasteiger partial charge in [-0.2, -0.15) is 0 Å². The Morgan fingerprint density at radius 1 is 1.62 bits per heavy atom. The van der Waals surface area contributed by atoms with E-state index >= 15 is 0 Å². The summed E-state index contributed by atoms with van der Waals surface area (Å²) in [6.07, 6.45) is -0.985. The van der Waals surface area contributed by atoms with E-state index in [-0.39, 0.29) is 13.2 Å². The van der Waals surface area contributed by atoms with E-state index in [9.17, 15) is 8.78 Å². The minimum atomic E-state index is -0.985. The van der Waals surface area contributed by atoms with Gasteiger partial charge in [-0.1, -0.05) is 0 Å². The fourth-order valence-corrected chi connectivity index (χ4v) is 0.300. The monoisotopic (exact) mass is 124 g/mol. The second kappa shape index (κ2) is 4.97. The smallest absolute Gasteiger partial charge is 0.121 e. The average molecular weight is 124 g/mol. The first kappa shape index (κ1) is 7.82. The summed E-state index contributed by atoms with van der Waals surface area (Å²) >= 11 is 0. The molecule has 0 bridgehead atoms. The van der Waals surface area contributed by atoms with Crippen LogP contribution >= 0.6 is 0 Å². The zero-order valence-electron chi connectivity index (χ0n) is 4.86. The van der Waals surface area contributed by atoms with Gasteiger partial charge in [0.1, 0.15) is 12.8 Å². The Morgan fingerprint density at radius 2 is 2.25 bits per heavy atom. The van der Waals surface area contributed by atoms with Crippen LogP contribution in [0, 0.1) is 0 Å². The standard InChI is InChI=1S/C5H10F2O/c1-5(7)4-8-3-2-6/h5H,2-4H2,1H3. The molecule has 1 atom stereocenters. The van der Waals surface area contributed by atoms with Crippen LogP contribution in [-0.2, 0) is 4.74 Å². The molecule has 0 fully saturated rings. The Bertz CT molecular complexity index is 47.7. The van der Waals surface area contributed by atoms with Gasteiger partial charge in [-0.3, -0.25) is 0 Å². The van der Waals surface area contributed by atoms with Gasteiger partial charge in [0.2, 0.25) is 0 Å². The minimum Gasteiger partial charge on any atom is -0.376 e. The van der Waals surface area contributed by atoms with E-state index < -0.39 is 12.8 Å². The van der Waals surface area contributed by atoms with Crippen LogP contribution in [0.15, 0.2) is 0 Å². The lowest BCUT2D eigenvalue weighted by Crippen LogP contribution is -2.07. The molecule has 0 N–H and O–H groups in total. The second-order valence-electron chi connectivity index (χ2n) is 1.54. The van der Waals surface area contributed by atoms with Gasteiger partial charge < -0.3 is 4.74 Å². The molecule has 0 rings (SSSR count). The first-order chi connectivity index (χ1) is 3.77. The van der Waals surface area contributed by atoms with E-state index in [4.69, 9.17) is 0 Å². The van der Waals surface area contributed by atoms with Crippen molar-refractivity contribution < 1.29 is 13.5 Å². The maximum absolute atomic E-state index is 11.8. The third-order valence-corrected chi connectivity index (χ3v) is 0.569. The minimum absolute atomic E-state index is 0.00389. The number of halogens is 2. The van der Waals surface area contributed by atoms with Crippen LogP contribution in [0.25, 0.3) is 0 Å². The third kappa shape index (κ3) is 5.82. The summed E-state index contributed by atoms with van der Waals surface area (Å²) in [5.74, 6) is 0. The van der Waals surface area contributed by atoms with Crippen LogP contribution in [0.3, 0.4) is 0 Å². The molecule has 0 amide bonds. The van der Waals surface area contributed by atoms with Crippen LogP contribution < -0.4 is 0 Å². The molecule has 0 saturated heterocycles. The molecule has 50 valence electrons. The SMILES string of the molecule is CC(F)COCCF. The van der Waals surface area contributed by atoms with Crippen molar-refractivity contribution in [2.24, 2.45) is 0 Å². The zero-order chi connectivity index (χ0) is 6.41. The Morgan fingerprint density at radius 3 is 2.62 bits per heavy atom. The normalized spacial score (nSPS) is 13.9. The molecule has 0 saturated carbocycles. The predicted molar refractivity (Wildman–Crippen MR) is 27.4 cm³/mol. The van der Waals surface area contributed by atoms with Gasteiger partial charge in [0, 0.05) is 0 Å². The second-order valence-corrected chi connectivity index (χ2v) is 1.54. The molecular weight excluding hydrogens is 114 g/mol. The van der Waals surface area contributed by atoms with Gasteiger partial charge in [-0.25, -0.2) is 8.78 Å². The van der Waals surface area contributed by atoms with Crippen molar-refractivity contribution in [1.29, 1.82) is 0 Å². The van der Waals surface area contributed by atoms with Crippen molar-refractivity contribution in [3.05, 3.63) is 0 Å². The van der Waals surface area contributed by atoms with Gasteiger partial charge in [0.25, 0.3) is 0 Å². The van der Waals surface area contributed by atoms with E-state index in [0.717, 1.165) is 0 Å². The molecule has 0 aliphatic rings. The van der Waals surface area contributed by atoms with E-state index in [1.54, 1.807) is 0 Å². The summed E-state index contributed by atoms with van der Waals surface area (Å²) in [5.41, 5.74) is 0. The Kier molecular flexibility index (Phi) is 4.85. The predicted octanol–water partition coefficient (Wildman–Crippen LogP) is 1.33. The molecule has 1 unspecified atom stereocenters. The molecule has 0 aliphatic heterocycles. The van der Waals surface area contributed by atoms with Gasteiger partial charge in [0.05, 0.1) is 13.2 Å². The molecule has 3 heteroatoms. The first-order valence-electron chi connectivity index (χ1n) is 2.55. The van der Waals surface area contributed by atoms with Crippen molar-refractivity contribution in [2.75, 3.05) is 19.9 Å². The number of rotatable bonds is 4. The lowest BCUT2D eigenvalue weighted by molar-refractivity contribution is 0.0778. The van der Waals surface area contributed by atoms with E-state index in [0.29, 0.717) is 0 Å². The maximum atomic E-state index is 11.8. The molecule has 0 aliphatic carbocycles. The fourth-order valence-electron chi connectivity index (χ4n) is 0.300. The fraction of sp³-hybridized carbons (Fsp3) is 1.00. The highest BCUT2D eigenvalue weighted by Crippen LogP contribution is 1.87. The molecule has 8 heavy (non-hydrogen) atoms. The van der Waals surface area contributed by atoms with Crippen LogP contribution in [0.4, 0.5) is 8.78 Å². The Balaban J connectivity index is 2.72. The summed E-state index contributed by atoms with van der Waals surface area (Å²) < 4.78 is 27.5. The van der Waals surface area contributed by atoms with Crippen molar-refractivity contribution in [1.82, 2.24) is 0 Å². The molecule has 0 aromatic carbocycles. The molecule has 0 aromatic heterocycles. The largest absolute Gasteiger partial charge is 0.376 e. The van der Waals surface area contributed by atoms with Crippen LogP contribution in [0.1, 0.15) is 6.92 Å². The molecule has 0 heterocycles. The summed E-state index contributed by atoms with van der Waals surface area (Å²) in [6.45, 7) is 0.850. The highest BCUT2D eigenvalue weighted by Gasteiger charge is 1.94. The molecular formula is C5H10F2O. The summed E-state index contributed by atoms with van der Waals surface area (Å²) in [7, 11) is 0. The van der Waals surface area contributed by atoms with Crippen LogP contribution in [-0.4, -0.2) is 26.1 Å². The number of hydrogen-bond acceptors (Lipinski definition) is 1. The Hall–Kier alpha value is -0.180. The summed E-state index contributed by atoms with van der Waals surface area (Å²) in [5, 5.41) is 0. The summed E-state index contributed by atoms with van der Waals surface area (Å²) in [4.78, 5) is 0. The quantitative estimate of drug-likeness (QED) is 0.514.